The van der Waals surface area contributed by atoms with Crippen LogP contribution in [-0.2, 0) is 6.61 Å². The van der Waals surface area contributed by atoms with Crippen molar-refractivity contribution in [1.29, 1.82) is 0 Å². The van der Waals surface area contributed by atoms with Crippen LogP contribution >= 0.6 is 0 Å². The summed E-state index contributed by atoms with van der Waals surface area (Å²) in [5.74, 6) is 0.547. The largest absolute Gasteiger partial charge is 0.486 e. The van der Waals surface area contributed by atoms with E-state index in [1.165, 1.54) is 5.56 Å². The Morgan fingerprint density at radius 3 is 2.92 bits per heavy atom. The SMILES string of the molecule is Cc1ccc2nc(COc3ccccc3C(=O)N3CC[C@@H](N)C3)cn2c1. The summed E-state index contributed by atoms with van der Waals surface area (Å²) in [6.45, 7) is 3.64. The maximum absolute atomic E-state index is 12.8. The second-order valence-electron chi connectivity index (χ2n) is 6.79. The highest BCUT2D eigenvalue weighted by atomic mass is 16.5. The fraction of sp³-hybridized carbons (Fsp3) is 0.300. The predicted octanol–water partition coefficient (Wildman–Crippen LogP) is 2.39. The van der Waals surface area contributed by atoms with Crippen molar-refractivity contribution >= 4 is 11.6 Å². The molecule has 1 aliphatic heterocycles. The number of nitrogens with zero attached hydrogens (tertiary/aromatic N) is 3. The number of carbonyl (C=O) groups is 1. The minimum atomic E-state index is -0.0285. The van der Waals surface area contributed by atoms with E-state index in [0.717, 1.165) is 17.8 Å². The molecule has 1 aromatic carbocycles. The molecule has 1 amide bonds. The van der Waals surface area contributed by atoms with Crippen molar-refractivity contribution in [3.8, 4) is 5.75 Å². The van der Waals surface area contributed by atoms with Crippen LogP contribution in [0.2, 0.25) is 0 Å². The molecule has 2 N–H and O–H groups in total. The topological polar surface area (TPSA) is 72.9 Å². The second-order valence-corrected chi connectivity index (χ2v) is 6.79. The highest BCUT2D eigenvalue weighted by molar-refractivity contribution is 5.97. The van der Waals surface area contributed by atoms with Gasteiger partial charge in [0.25, 0.3) is 5.91 Å². The van der Waals surface area contributed by atoms with E-state index < -0.39 is 0 Å². The Balaban J connectivity index is 1.52. The van der Waals surface area contributed by atoms with Crippen molar-refractivity contribution in [2.24, 2.45) is 5.73 Å². The number of hydrogen-bond acceptors (Lipinski definition) is 4. The van der Waals surface area contributed by atoms with Gasteiger partial charge in [0.15, 0.2) is 0 Å². The van der Waals surface area contributed by atoms with Gasteiger partial charge in [-0.05, 0) is 37.1 Å². The number of amides is 1. The van der Waals surface area contributed by atoms with E-state index in [-0.39, 0.29) is 11.9 Å². The minimum absolute atomic E-state index is 0.0285. The van der Waals surface area contributed by atoms with E-state index in [4.69, 9.17) is 10.5 Å². The van der Waals surface area contributed by atoms with Crippen LogP contribution < -0.4 is 10.5 Å². The summed E-state index contributed by atoms with van der Waals surface area (Å²) in [4.78, 5) is 19.1. The number of pyridine rings is 1. The number of rotatable bonds is 4. The molecule has 3 heterocycles. The fourth-order valence-electron chi connectivity index (χ4n) is 3.29. The summed E-state index contributed by atoms with van der Waals surface area (Å²) in [6.07, 6.45) is 4.82. The Morgan fingerprint density at radius 2 is 2.12 bits per heavy atom. The minimum Gasteiger partial charge on any atom is -0.486 e. The van der Waals surface area contributed by atoms with E-state index in [1.54, 1.807) is 11.0 Å². The number of carbonyl (C=O) groups excluding carboxylic acids is 1. The Kier molecular flexibility index (Phi) is 4.34. The standard InChI is InChI=1S/C20H22N4O2/c1-14-6-7-19-22-16(12-24(19)10-14)13-26-18-5-3-2-4-17(18)20(25)23-9-8-15(21)11-23/h2-7,10,12,15H,8-9,11,13,21H2,1H3/t15-/m1/s1. The molecule has 3 aromatic rings. The van der Waals surface area contributed by atoms with Crippen LogP contribution in [0.5, 0.6) is 5.75 Å². The number of imidazole rings is 1. The smallest absolute Gasteiger partial charge is 0.257 e. The van der Waals surface area contributed by atoms with Gasteiger partial charge in [0.2, 0.25) is 0 Å². The van der Waals surface area contributed by atoms with Crippen molar-refractivity contribution < 1.29 is 9.53 Å². The second kappa shape index (κ2) is 6.80. The van der Waals surface area contributed by atoms with E-state index >= 15 is 0 Å². The van der Waals surface area contributed by atoms with Crippen LogP contribution in [0.4, 0.5) is 0 Å². The summed E-state index contributed by atoms with van der Waals surface area (Å²) in [5, 5.41) is 0. The van der Waals surface area contributed by atoms with Crippen LogP contribution in [0.3, 0.4) is 0 Å². The van der Waals surface area contributed by atoms with Crippen LogP contribution in [0.25, 0.3) is 5.65 Å². The lowest BCUT2D eigenvalue weighted by Crippen LogP contribution is -2.32. The molecular formula is C20H22N4O2. The van der Waals surface area contributed by atoms with Crippen LogP contribution in [0.15, 0.2) is 48.8 Å². The first-order valence-electron chi connectivity index (χ1n) is 8.81. The third kappa shape index (κ3) is 3.28. The summed E-state index contributed by atoms with van der Waals surface area (Å²) < 4.78 is 7.92. The third-order valence-electron chi connectivity index (χ3n) is 4.65. The van der Waals surface area contributed by atoms with Gasteiger partial charge in [-0.15, -0.1) is 0 Å². The van der Waals surface area contributed by atoms with E-state index in [9.17, 15) is 4.79 Å². The van der Waals surface area contributed by atoms with E-state index in [1.807, 2.05) is 54.0 Å². The van der Waals surface area contributed by atoms with Crippen LogP contribution in [-0.4, -0.2) is 39.3 Å². The first-order valence-corrected chi connectivity index (χ1v) is 8.81. The summed E-state index contributed by atoms with van der Waals surface area (Å²) in [6, 6.07) is 11.4. The Labute approximate surface area is 152 Å². The van der Waals surface area contributed by atoms with Crippen molar-refractivity contribution in [1.82, 2.24) is 14.3 Å². The summed E-state index contributed by atoms with van der Waals surface area (Å²) >= 11 is 0. The van der Waals surface area contributed by atoms with Crippen molar-refractivity contribution in [3.05, 3.63) is 65.6 Å². The number of hydrogen-bond donors (Lipinski definition) is 1. The molecule has 0 bridgehead atoms. The first kappa shape index (κ1) is 16.6. The van der Waals surface area contributed by atoms with Crippen molar-refractivity contribution in [2.75, 3.05) is 13.1 Å². The molecule has 1 saturated heterocycles. The zero-order valence-corrected chi connectivity index (χ0v) is 14.8. The van der Waals surface area contributed by atoms with Gasteiger partial charge in [0, 0.05) is 31.5 Å². The van der Waals surface area contributed by atoms with Gasteiger partial charge in [-0.2, -0.15) is 0 Å². The molecule has 0 unspecified atom stereocenters. The van der Waals surface area contributed by atoms with Gasteiger partial charge < -0.3 is 19.8 Å². The molecule has 0 saturated carbocycles. The maximum Gasteiger partial charge on any atom is 0.257 e. The van der Waals surface area contributed by atoms with E-state index in [0.29, 0.717) is 31.0 Å². The molecule has 0 aliphatic carbocycles. The Bertz CT molecular complexity index is 950. The Morgan fingerprint density at radius 1 is 1.27 bits per heavy atom. The molecule has 1 fully saturated rings. The molecule has 4 rings (SSSR count). The van der Waals surface area contributed by atoms with Gasteiger partial charge in [0.1, 0.15) is 18.0 Å². The molecule has 26 heavy (non-hydrogen) atoms. The summed E-state index contributed by atoms with van der Waals surface area (Å²) in [7, 11) is 0. The van der Waals surface area contributed by atoms with Gasteiger partial charge in [0.05, 0.1) is 11.3 Å². The predicted molar refractivity (Wildman–Crippen MR) is 99.2 cm³/mol. The van der Waals surface area contributed by atoms with Gasteiger partial charge in [-0.25, -0.2) is 4.98 Å². The average molecular weight is 350 g/mol. The average Bonchev–Trinajstić information content (AvgIpc) is 3.25. The molecule has 134 valence electrons. The number of aromatic nitrogens is 2. The number of aryl methyl sites for hydroxylation is 1. The highest BCUT2D eigenvalue weighted by Crippen LogP contribution is 2.23. The number of likely N-dealkylation sites (tertiary alicyclic amines) is 1. The van der Waals surface area contributed by atoms with Gasteiger partial charge >= 0.3 is 0 Å². The first-order chi connectivity index (χ1) is 12.6. The molecule has 0 radical (unpaired) electrons. The maximum atomic E-state index is 12.8. The van der Waals surface area contributed by atoms with Crippen molar-refractivity contribution in [3.63, 3.8) is 0 Å². The third-order valence-corrected chi connectivity index (χ3v) is 4.65. The fourth-order valence-corrected chi connectivity index (χ4v) is 3.29. The molecule has 0 spiro atoms. The lowest BCUT2D eigenvalue weighted by atomic mass is 10.1. The molecule has 2 aromatic heterocycles. The molecular weight excluding hydrogens is 328 g/mol. The lowest BCUT2D eigenvalue weighted by Gasteiger charge is -2.18. The molecule has 6 heteroatoms. The number of para-hydroxylation sites is 1. The zero-order valence-electron chi connectivity index (χ0n) is 14.8. The van der Waals surface area contributed by atoms with Crippen molar-refractivity contribution in [2.45, 2.75) is 26.0 Å². The van der Waals surface area contributed by atoms with Crippen LogP contribution in [0, 0.1) is 6.92 Å². The number of ether oxygens (including phenoxy) is 1. The lowest BCUT2D eigenvalue weighted by molar-refractivity contribution is 0.0786. The molecule has 6 nitrogen and oxygen atoms in total. The molecule has 1 aliphatic rings. The van der Waals surface area contributed by atoms with Gasteiger partial charge in [-0.3, -0.25) is 4.79 Å². The van der Waals surface area contributed by atoms with E-state index in [2.05, 4.69) is 4.98 Å². The monoisotopic (exact) mass is 350 g/mol. The highest BCUT2D eigenvalue weighted by Gasteiger charge is 2.26. The van der Waals surface area contributed by atoms with Gasteiger partial charge in [-0.1, -0.05) is 18.2 Å². The zero-order chi connectivity index (χ0) is 18.1. The number of nitrogens with two attached hydrogens (primary N) is 1. The number of benzene rings is 1. The Hall–Kier alpha value is -2.86. The number of fused-ring (bicyclic) bond motifs is 1. The summed E-state index contributed by atoms with van der Waals surface area (Å²) in [5.41, 5.74) is 9.36. The molecule has 1 atom stereocenters. The normalized spacial score (nSPS) is 17.0. The quantitative estimate of drug-likeness (QED) is 0.784. The van der Waals surface area contributed by atoms with Crippen LogP contribution in [0.1, 0.15) is 28.0 Å².